The molecule has 1 amide bonds. The van der Waals surface area contributed by atoms with Gasteiger partial charge >= 0.3 is 0 Å². The first-order valence-electron chi connectivity index (χ1n) is 9.41. The van der Waals surface area contributed by atoms with Crippen molar-refractivity contribution in [3.05, 3.63) is 57.5 Å². The molecule has 1 aromatic carbocycles. The molecular weight excluding hydrogens is 420 g/mol. The number of aryl methyl sites for hydroxylation is 2. The highest BCUT2D eigenvalue weighted by atomic mass is 32.2. The number of carbonyl (C=O) groups excluding carboxylic acids is 1. The number of anilines is 1. The van der Waals surface area contributed by atoms with Crippen molar-refractivity contribution >= 4 is 45.2 Å². The van der Waals surface area contributed by atoms with Crippen molar-refractivity contribution in [3.8, 4) is 5.69 Å². The zero-order valence-electron chi connectivity index (χ0n) is 16.3. The van der Waals surface area contributed by atoms with E-state index in [2.05, 4.69) is 15.4 Å². The number of aromatic nitrogens is 5. The Labute approximate surface area is 180 Å². The van der Waals surface area contributed by atoms with Gasteiger partial charge in [-0.05, 0) is 26.0 Å². The SMILES string of the molecule is Cc1ccc(-n2ncc3c(=O)n4c(nc32)SCC4CC(=O)Nc2nc(C)cs2)cc1. The average molecular weight is 439 g/mol. The average Bonchev–Trinajstić information content (AvgIpc) is 3.42. The predicted molar refractivity (Wildman–Crippen MR) is 118 cm³/mol. The smallest absolute Gasteiger partial charge is 0.265 e. The van der Waals surface area contributed by atoms with Crippen molar-refractivity contribution in [3.63, 3.8) is 0 Å². The van der Waals surface area contributed by atoms with E-state index >= 15 is 0 Å². The number of nitrogens with zero attached hydrogens (tertiary/aromatic N) is 5. The van der Waals surface area contributed by atoms with Crippen molar-refractivity contribution in [2.75, 3.05) is 11.1 Å². The lowest BCUT2D eigenvalue weighted by molar-refractivity contribution is -0.116. The van der Waals surface area contributed by atoms with Gasteiger partial charge in [0.05, 0.1) is 23.6 Å². The number of amides is 1. The lowest BCUT2D eigenvalue weighted by atomic mass is 10.2. The molecule has 1 aliphatic heterocycles. The van der Waals surface area contributed by atoms with Crippen molar-refractivity contribution in [1.82, 2.24) is 24.3 Å². The maximum Gasteiger partial charge on any atom is 0.265 e. The highest BCUT2D eigenvalue weighted by Gasteiger charge is 2.29. The molecule has 8 nitrogen and oxygen atoms in total. The minimum atomic E-state index is -0.252. The monoisotopic (exact) mass is 438 g/mol. The van der Waals surface area contributed by atoms with E-state index < -0.39 is 0 Å². The normalized spacial score (nSPS) is 15.5. The lowest BCUT2D eigenvalue weighted by Crippen LogP contribution is -2.27. The second kappa shape index (κ2) is 7.37. The van der Waals surface area contributed by atoms with Gasteiger partial charge < -0.3 is 5.32 Å². The van der Waals surface area contributed by atoms with Crippen LogP contribution in [0.3, 0.4) is 0 Å². The molecule has 5 rings (SSSR count). The van der Waals surface area contributed by atoms with E-state index in [9.17, 15) is 9.59 Å². The largest absolute Gasteiger partial charge is 0.302 e. The Morgan fingerprint density at radius 2 is 2.03 bits per heavy atom. The van der Waals surface area contributed by atoms with Gasteiger partial charge in [0.15, 0.2) is 15.9 Å². The summed E-state index contributed by atoms with van der Waals surface area (Å²) in [6, 6.07) is 7.65. The van der Waals surface area contributed by atoms with E-state index in [0.717, 1.165) is 16.9 Å². The Balaban J connectivity index is 1.46. The standard InChI is InChI=1S/C20H18N6O2S2/c1-11-3-5-13(6-4-11)26-17-15(8-21-26)18(28)25-14(10-30-20(25)24-17)7-16(27)23-19-22-12(2)9-29-19/h3-6,8-9,14H,7,10H2,1-2H3,(H,22,23,27). The molecule has 1 aliphatic rings. The van der Waals surface area contributed by atoms with Crippen LogP contribution >= 0.6 is 23.1 Å². The third-order valence-electron chi connectivity index (χ3n) is 4.94. The number of hydrogen-bond donors (Lipinski definition) is 1. The van der Waals surface area contributed by atoms with Crippen LogP contribution in [-0.4, -0.2) is 36.0 Å². The first-order valence-corrected chi connectivity index (χ1v) is 11.3. The molecule has 1 N–H and O–H groups in total. The number of rotatable bonds is 4. The summed E-state index contributed by atoms with van der Waals surface area (Å²) in [5, 5.41) is 10.7. The fraction of sp³-hybridized carbons (Fsp3) is 0.250. The van der Waals surface area contributed by atoms with Gasteiger partial charge in [-0.25, -0.2) is 14.6 Å². The molecule has 0 bridgehead atoms. The molecule has 0 aliphatic carbocycles. The first-order chi connectivity index (χ1) is 14.5. The van der Waals surface area contributed by atoms with E-state index in [0.29, 0.717) is 27.1 Å². The van der Waals surface area contributed by atoms with Crippen molar-refractivity contribution < 1.29 is 4.79 Å². The first kappa shape index (κ1) is 19.0. The number of nitrogens with one attached hydrogen (secondary N) is 1. The van der Waals surface area contributed by atoms with Crippen LogP contribution < -0.4 is 10.9 Å². The van der Waals surface area contributed by atoms with Gasteiger partial charge in [-0.15, -0.1) is 11.3 Å². The summed E-state index contributed by atoms with van der Waals surface area (Å²) in [4.78, 5) is 34.6. The molecule has 30 heavy (non-hydrogen) atoms. The van der Waals surface area contributed by atoms with Gasteiger partial charge in [0.1, 0.15) is 5.39 Å². The van der Waals surface area contributed by atoms with Crippen LogP contribution in [0, 0.1) is 13.8 Å². The number of thioether (sulfide) groups is 1. The van der Waals surface area contributed by atoms with Gasteiger partial charge in [-0.2, -0.15) is 5.10 Å². The van der Waals surface area contributed by atoms with E-state index in [1.54, 1.807) is 15.4 Å². The molecular formula is C20H18N6O2S2. The lowest BCUT2D eigenvalue weighted by Gasteiger charge is -2.12. The molecule has 0 spiro atoms. The number of benzene rings is 1. The molecule has 0 radical (unpaired) electrons. The van der Waals surface area contributed by atoms with Gasteiger partial charge in [-0.3, -0.25) is 14.2 Å². The summed E-state index contributed by atoms with van der Waals surface area (Å²) in [6.07, 6.45) is 1.74. The van der Waals surface area contributed by atoms with E-state index in [1.165, 1.54) is 23.1 Å². The maximum atomic E-state index is 13.2. The number of fused-ring (bicyclic) bond motifs is 2. The van der Waals surface area contributed by atoms with E-state index in [4.69, 9.17) is 4.98 Å². The highest BCUT2D eigenvalue weighted by molar-refractivity contribution is 7.99. The van der Waals surface area contributed by atoms with Gasteiger partial charge in [0.25, 0.3) is 5.56 Å². The Hall–Kier alpha value is -2.98. The molecule has 1 unspecified atom stereocenters. The Kier molecular flexibility index (Phi) is 4.67. The summed E-state index contributed by atoms with van der Waals surface area (Å²) in [6.45, 7) is 3.90. The Bertz CT molecular complexity index is 1320. The fourth-order valence-electron chi connectivity index (χ4n) is 3.45. The summed E-state index contributed by atoms with van der Waals surface area (Å²) in [5.74, 6) is 0.460. The van der Waals surface area contributed by atoms with Gasteiger partial charge in [0.2, 0.25) is 5.91 Å². The number of thiazole rings is 1. The number of carbonyl (C=O) groups is 1. The maximum absolute atomic E-state index is 13.2. The summed E-state index contributed by atoms with van der Waals surface area (Å²) in [7, 11) is 0. The Morgan fingerprint density at radius 3 is 2.77 bits per heavy atom. The second-order valence-corrected chi connectivity index (χ2v) is 9.06. The van der Waals surface area contributed by atoms with Crippen molar-refractivity contribution in [2.45, 2.75) is 31.5 Å². The van der Waals surface area contributed by atoms with Gasteiger partial charge in [-0.1, -0.05) is 29.5 Å². The third kappa shape index (κ3) is 3.31. The Morgan fingerprint density at radius 1 is 1.23 bits per heavy atom. The number of hydrogen-bond acceptors (Lipinski definition) is 7. The molecule has 152 valence electrons. The molecule has 0 saturated heterocycles. The molecule has 1 atom stereocenters. The predicted octanol–water partition coefficient (Wildman–Crippen LogP) is 3.33. The van der Waals surface area contributed by atoms with Crippen LogP contribution in [0.1, 0.15) is 23.7 Å². The van der Waals surface area contributed by atoms with Crippen LogP contribution in [0.2, 0.25) is 0 Å². The topological polar surface area (TPSA) is 94.7 Å². The van der Waals surface area contributed by atoms with Crippen LogP contribution in [0.5, 0.6) is 0 Å². The minimum Gasteiger partial charge on any atom is -0.302 e. The summed E-state index contributed by atoms with van der Waals surface area (Å²) < 4.78 is 3.31. The van der Waals surface area contributed by atoms with Crippen molar-refractivity contribution in [1.29, 1.82) is 0 Å². The molecule has 3 aromatic heterocycles. The molecule has 0 fully saturated rings. The molecule has 0 saturated carbocycles. The zero-order chi connectivity index (χ0) is 20.8. The fourth-order valence-corrected chi connectivity index (χ4v) is 5.29. The zero-order valence-corrected chi connectivity index (χ0v) is 18.0. The quantitative estimate of drug-likeness (QED) is 0.491. The van der Waals surface area contributed by atoms with Crippen LogP contribution in [0.4, 0.5) is 5.13 Å². The van der Waals surface area contributed by atoms with E-state index in [1.807, 2.05) is 43.5 Å². The van der Waals surface area contributed by atoms with Crippen molar-refractivity contribution in [2.24, 2.45) is 0 Å². The van der Waals surface area contributed by atoms with Crippen LogP contribution in [0.25, 0.3) is 16.7 Å². The molecule has 4 heterocycles. The second-order valence-electron chi connectivity index (χ2n) is 7.21. The van der Waals surface area contributed by atoms with Gasteiger partial charge in [0, 0.05) is 17.6 Å². The third-order valence-corrected chi connectivity index (χ3v) is 6.91. The molecule has 4 aromatic rings. The highest BCUT2D eigenvalue weighted by Crippen LogP contribution is 2.33. The van der Waals surface area contributed by atoms with Crippen LogP contribution in [0.15, 0.2) is 45.8 Å². The minimum absolute atomic E-state index is 0.162. The van der Waals surface area contributed by atoms with E-state index in [-0.39, 0.29) is 23.9 Å². The summed E-state index contributed by atoms with van der Waals surface area (Å²) in [5.41, 5.74) is 3.23. The van der Waals surface area contributed by atoms with Crippen LogP contribution in [-0.2, 0) is 4.79 Å². The summed E-state index contributed by atoms with van der Waals surface area (Å²) >= 11 is 2.87. The molecule has 10 heteroatoms.